The molecule has 0 heterocycles. The molecule has 6 heteroatoms. The van der Waals surface area contributed by atoms with Gasteiger partial charge in [-0.05, 0) is 19.9 Å². The van der Waals surface area contributed by atoms with Crippen molar-refractivity contribution in [2.45, 2.75) is 19.3 Å². The number of carbonyl (C=O) groups excluding carboxylic acids is 2. The zero-order valence-corrected chi connectivity index (χ0v) is 10.4. The van der Waals surface area contributed by atoms with Crippen molar-refractivity contribution in [1.82, 2.24) is 16.0 Å². The Balaban J connectivity index is 0.00000225. The SMILES string of the molecule is CNCCC(=O)NCCNC(=O)C1CC1.Cl. The molecule has 0 bridgehead atoms. The van der Waals surface area contributed by atoms with Gasteiger partial charge in [0.05, 0.1) is 0 Å². The zero-order chi connectivity index (χ0) is 11.1. The Bertz CT molecular complexity index is 232. The highest BCUT2D eigenvalue weighted by Crippen LogP contribution is 2.28. The molecule has 1 aliphatic carbocycles. The molecule has 0 atom stereocenters. The first kappa shape index (κ1) is 15.2. The van der Waals surface area contributed by atoms with Crippen molar-refractivity contribution in [2.75, 3.05) is 26.7 Å². The van der Waals surface area contributed by atoms with Crippen LogP contribution in [-0.4, -0.2) is 38.5 Å². The lowest BCUT2D eigenvalue weighted by Gasteiger charge is -2.06. The summed E-state index contributed by atoms with van der Waals surface area (Å²) in [5.74, 6) is 0.384. The van der Waals surface area contributed by atoms with Crippen LogP contribution in [0.1, 0.15) is 19.3 Å². The van der Waals surface area contributed by atoms with Gasteiger partial charge in [0, 0.05) is 32.0 Å². The summed E-state index contributed by atoms with van der Waals surface area (Å²) < 4.78 is 0. The fourth-order valence-electron chi connectivity index (χ4n) is 1.20. The van der Waals surface area contributed by atoms with E-state index in [4.69, 9.17) is 0 Å². The minimum Gasteiger partial charge on any atom is -0.354 e. The maximum Gasteiger partial charge on any atom is 0.223 e. The molecule has 3 N–H and O–H groups in total. The van der Waals surface area contributed by atoms with Crippen LogP contribution in [0.25, 0.3) is 0 Å². The van der Waals surface area contributed by atoms with Gasteiger partial charge in [-0.2, -0.15) is 0 Å². The summed E-state index contributed by atoms with van der Waals surface area (Å²) in [7, 11) is 1.81. The number of nitrogens with one attached hydrogen (secondary N) is 3. The van der Waals surface area contributed by atoms with E-state index in [0.29, 0.717) is 26.1 Å². The molecule has 94 valence electrons. The van der Waals surface area contributed by atoms with Crippen LogP contribution in [0.2, 0.25) is 0 Å². The predicted octanol–water partition coefficient (Wildman–Crippen LogP) is -0.340. The van der Waals surface area contributed by atoms with Gasteiger partial charge in [-0.15, -0.1) is 12.4 Å². The molecule has 0 radical (unpaired) electrons. The van der Waals surface area contributed by atoms with Gasteiger partial charge in [0.25, 0.3) is 0 Å². The molecular weight excluding hydrogens is 230 g/mol. The molecular formula is C10H20ClN3O2. The quantitative estimate of drug-likeness (QED) is 0.541. The van der Waals surface area contributed by atoms with Gasteiger partial charge in [-0.3, -0.25) is 9.59 Å². The van der Waals surface area contributed by atoms with E-state index in [1.807, 2.05) is 7.05 Å². The molecule has 1 fully saturated rings. The Morgan fingerprint density at radius 3 is 2.31 bits per heavy atom. The molecule has 16 heavy (non-hydrogen) atoms. The first-order valence-electron chi connectivity index (χ1n) is 5.43. The molecule has 1 aliphatic rings. The molecule has 5 nitrogen and oxygen atoms in total. The number of hydrogen-bond donors (Lipinski definition) is 3. The van der Waals surface area contributed by atoms with Gasteiger partial charge in [0.2, 0.25) is 11.8 Å². The van der Waals surface area contributed by atoms with Crippen molar-refractivity contribution in [1.29, 1.82) is 0 Å². The molecule has 0 aromatic carbocycles. The van der Waals surface area contributed by atoms with Crippen molar-refractivity contribution in [3.63, 3.8) is 0 Å². The number of amides is 2. The van der Waals surface area contributed by atoms with Crippen LogP contribution in [-0.2, 0) is 9.59 Å². The van der Waals surface area contributed by atoms with Gasteiger partial charge in [0.15, 0.2) is 0 Å². The van der Waals surface area contributed by atoms with E-state index in [2.05, 4.69) is 16.0 Å². The lowest BCUT2D eigenvalue weighted by atomic mass is 10.4. The van der Waals surface area contributed by atoms with E-state index in [1.165, 1.54) is 0 Å². The van der Waals surface area contributed by atoms with Gasteiger partial charge >= 0.3 is 0 Å². The molecule has 0 aromatic rings. The lowest BCUT2D eigenvalue weighted by Crippen LogP contribution is -2.36. The second kappa shape index (κ2) is 8.35. The van der Waals surface area contributed by atoms with Crippen molar-refractivity contribution in [3.05, 3.63) is 0 Å². The number of halogens is 1. The Hall–Kier alpha value is -0.810. The summed E-state index contributed by atoms with van der Waals surface area (Å²) in [4.78, 5) is 22.3. The fraction of sp³-hybridized carbons (Fsp3) is 0.800. The van der Waals surface area contributed by atoms with Crippen LogP contribution < -0.4 is 16.0 Å². The highest BCUT2D eigenvalue weighted by molar-refractivity contribution is 5.85. The topological polar surface area (TPSA) is 70.2 Å². The molecule has 0 aromatic heterocycles. The van der Waals surface area contributed by atoms with Crippen LogP contribution in [0.5, 0.6) is 0 Å². The van der Waals surface area contributed by atoms with Gasteiger partial charge < -0.3 is 16.0 Å². The summed E-state index contributed by atoms with van der Waals surface area (Å²) in [5.41, 5.74) is 0. The minimum absolute atomic E-state index is 0. The summed E-state index contributed by atoms with van der Waals surface area (Å²) in [5, 5.41) is 8.43. The molecule has 0 unspecified atom stereocenters. The Morgan fingerprint density at radius 1 is 1.12 bits per heavy atom. The maximum absolute atomic E-state index is 11.2. The van der Waals surface area contributed by atoms with Gasteiger partial charge in [-0.25, -0.2) is 0 Å². The number of rotatable bonds is 7. The third-order valence-electron chi connectivity index (χ3n) is 2.30. The van der Waals surface area contributed by atoms with Crippen LogP contribution in [0.15, 0.2) is 0 Å². The summed E-state index contributed by atoms with van der Waals surface area (Å²) in [6, 6.07) is 0. The lowest BCUT2D eigenvalue weighted by molar-refractivity contribution is -0.123. The number of carbonyl (C=O) groups is 2. The maximum atomic E-state index is 11.2. The molecule has 0 saturated heterocycles. The predicted molar refractivity (Wildman–Crippen MR) is 64.5 cm³/mol. The molecule has 1 saturated carbocycles. The second-order valence-electron chi connectivity index (χ2n) is 3.77. The van der Waals surface area contributed by atoms with E-state index in [1.54, 1.807) is 0 Å². The van der Waals surface area contributed by atoms with Crippen LogP contribution in [0, 0.1) is 5.92 Å². The summed E-state index contributed by atoms with van der Waals surface area (Å²) in [6.07, 6.45) is 2.51. The minimum atomic E-state index is 0. The van der Waals surface area contributed by atoms with Crippen molar-refractivity contribution in [2.24, 2.45) is 5.92 Å². The highest BCUT2D eigenvalue weighted by Gasteiger charge is 2.28. The van der Waals surface area contributed by atoms with Crippen LogP contribution in [0.3, 0.4) is 0 Å². The first-order chi connectivity index (χ1) is 7.24. The molecule has 0 spiro atoms. The highest BCUT2D eigenvalue weighted by atomic mass is 35.5. The van der Waals surface area contributed by atoms with Crippen molar-refractivity contribution in [3.8, 4) is 0 Å². The van der Waals surface area contributed by atoms with E-state index in [9.17, 15) is 9.59 Å². The van der Waals surface area contributed by atoms with Crippen molar-refractivity contribution >= 4 is 24.2 Å². The first-order valence-corrected chi connectivity index (χ1v) is 5.43. The molecule has 1 rings (SSSR count). The molecule has 0 aliphatic heterocycles. The Kier molecular flexibility index (Phi) is 7.93. The third kappa shape index (κ3) is 6.63. The summed E-state index contributed by atoms with van der Waals surface area (Å²) >= 11 is 0. The standard InChI is InChI=1S/C10H19N3O2.ClH/c1-11-5-4-9(14)12-6-7-13-10(15)8-2-3-8;/h8,11H,2-7H2,1H3,(H,12,14)(H,13,15);1H. The normalized spacial score (nSPS) is 13.8. The van der Waals surface area contributed by atoms with E-state index < -0.39 is 0 Å². The smallest absolute Gasteiger partial charge is 0.223 e. The van der Waals surface area contributed by atoms with Crippen LogP contribution >= 0.6 is 12.4 Å². The number of hydrogen-bond acceptors (Lipinski definition) is 3. The largest absolute Gasteiger partial charge is 0.354 e. The third-order valence-corrected chi connectivity index (χ3v) is 2.30. The zero-order valence-electron chi connectivity index (χ0n) is 9.54. The summed E-state index contributed by atoms with van der Waals surface area (Å²) in [6.45, 7) is 1.72. The Labute approximate surface area is 102 Å². The van der Waals surface area contributed by atoms with Gasteiger partial charge in [0.1, 0.15) is 0 Å². The Morgan fingerprint density at radius 2 is 1.75 bits per heavy atom. The van der Waals surface area contributed by atoms with E-state index in [-0.39, 0.29) is 30.1 Å². The van der Waals surface area contributed by atoms with Gasteiger partial charge in [-0.1, -0.05) is 0 Å². The average molecular weight is 250 g/mol. The monoisotopic (exact) mass is 249 g/mol. The molecule has 2 amide bonds. The van der Waals surface area contributed by atoms with Crippen molar-refractivity contribution < 1.29 is 9.59 Å². The van der Waals surface area contributed by atoms with E-state index in [0.717, 1.165) is 12.8 Å². The fourth-order valence-corrected chi connectivity index (χ4v) is 1.20. The average Bonchev–Trinajstić information content (AvgIpc) is 3.04. The van der Waals surface area contributed by atoms with E-state index >= 15 is 0 Å². The second-order valence-corrected chi connectivity index (χ2v) is 3.77. The van der Waals surface area contributed by atoms with Crippen LogP contribution in [0.4, 0.5) is 0 Å².